The first-order valence-electron chi connectivity index (χ1n) is 9.86. The zero-order chi connectivity index (χ0) is 19.8. The monoisotopic (exact) mass is 385 g/mol. The Morgan fingerprint density at radius 2 is 2.11 bits per heavy atom. The summed E-state index contributed by atoms with van der Waals surface area (Å²) in [7, 11) is 1.79. The molecule has 1 atom stereocenters. The van der Waals surface area contributed by atoms with Crippen molar-refractivity contribution in [1.82, 2.24) is 30.3 Å². The SMILES string of the molecule is CN=C(NCc1ccc(-n2cncn2)cc1)NCC1CN(CC(C)C)CCO1. The zero-order valence-electron chi connectivity index (χ0n) is 17.0. The average molecular weight is 386 g/mol. The van der Waals surface area contributed by atoms with Crippen molar-refractivity contribution in [3.63, 3.8) is 0 Å². The molecule has 1 aromatic heterocycles. The first kappa shape index (κ1) is 20.3. The first-order valence-corrected chi connectivity index (χ1v) is 9.86. The molecule has 0 bridgehead atoms. The van der Waals surface area contributed by atoms with Gasteiger partial charge in [-0.2, -0.15) is 5.10 Å². The lowest BCUT2D eigenvalue weighted by atomic mass is 10.2. The summed E-state index contributed by atoms with van der Waals surface area (Å²) in [6.45, 7) is 9.86. The minimum Gasteiger partial charge on any atom is -0.374 e. The van der Waals surface area contributed by atoms with Gasteiger partial charge in [-0.3, -0.25) is 9.89 Å². The fraction of sp³-hybridized carbons (Fsp3) is 0.550. The van der Waals surface area contributed by atoms with Gasteiger partial charge in [-0.15, -0.1) is 0 Å². The van der Waals surface area contributed by atoms with E-state index < -0.39 is 0 Å². The maximum atomic E-state index is 5.90. The summed E-state index contributed by atoms with van der Waals surface area (Å²) in [5.74, 6) is 1.46. The summed E-state index contributed by atoms with van der Waals surface area (Å²) in [5, 5.41) is 10.9. The summed E-state index contributed by atoms with van der Waals surface area (Å²) in [5.41, 5.74) is 2.16. The highest BCUT2D eigenvalue weighted by molar-refractivity contribution is 5.79. The molecule has 3 rings (SSSR count). The number of hydrogen-bond acceptors (Lipinski definition) is 5. The van der Waals surface area contributed by atoms with Crippen LogP contribution in [0.4, 0.5) is 0 Å². The van der Waals surface area contributed by atoms with Crippen molar-refractivity contribution in [2.75, 3.05) is 39.8 Å². The van der Waals surface area contributed by atoms with Crippen molar-refractivity contribution in [3.05, 3.63) is 42.5 Å². The van der Waals surface area contributed by atoms with Gasteiger partial charge in [0, 0.05) is 39.8 Å². The number of nitrogens with one attached hydrogen (secondary N) is 2. The second-order valence-electron chi connectivity index (χ2n) is 7.46. The van der Waals surface area contributed by atoms with Gasteiger partial charge in [0.25, 0.3) is 0 Å². The van der Waals surface area contributed by atoms with E-state index in [4.69, 9.17) is 4.74 Å². The smallest absolute Gasteiger partial charge is 0.191 e. The number of ether oxygens (including phenoxy) is 1. The normalized spacial score (nSPS) is 18.4. The third kappa shape index (κ3) is 6.03. The summed E-state index contributed by atoms with van der Waals surface area (Å²) >= 11 is 0. The molecule has 1 aliphatic rings. The fourth-order valence-electron chi connectivity index (χ4n) is 3.31. The molecule has 1 aliphatic heterocycles. The van der Waals surface area contributed by atoms with E-state index in [1.165, 1.54) is 11.9 Å². The van der Waals surface area contributed by atoms with E-state index in [1.54, 1.807) is 18.1 Å². The molecular formula is C20H31N7O. The van der Waals surface area contributed by atoms with E-state index in [0.29, 0.717) is 12.5 Å². The van der Waals surface area contributed by atoms with Crippen molar-refractivity contribution >= 4 is 5.96 Å². The molecular weight excluding hydrogens is 354 g/mol. The third-order valence-electron chi connectivity index (χ3n) is 4.65. The Kier molecular flexibility index (Phi) is 7.39. The number of nitrogens with zero attached hydrogens (tertiary/aromatic N) is 5. The molecule has 2 N–H and O–H groups in total. The lowest BCUT2D eigenvalue weighted by Gasteiger charge is -2.34. The minimum atomic E-state index is 0.188. The van der Waals surface area contributed by atoms with Crippen molar-refractivity contribution in [2.24, 2.45) is 10.9 Å². The van der Waals surface area contributed by atoms with Gasteiger partial charge in [-0.25, -0.2) is 9.67 Å². The molecule has 1 unspecified atom stereocenters. The lowest BCUT2D eigenvalue weighted by Crippen LogP contribution is -2.50. The summed E-state index contributed by atoms with van der Waals surface area (Å²) < 4.78 is 7.64. The Morgan fingerprint density at radius 1 is 1.29 bits per heavy atom. The second kappa shape index (κ2) is 10.2. The number of rotatable bonds is 7. The maximum absolute atomic E-state index is 5.90. The number of guanidine groups is 1. The number of hydrogen-bond donors (Lipinski definition) is 2. The van der Waals surface area contributed by atoms with Crippen LogP contribution >= 0.6 is 0 Å². The van der Waals surface area contributed by atoms with Crippen LogP contribution in [-0.2, 0) is 11.3 Å². The number of aromatic nitrogens is 3. The van der Waals surface area contributed by atoms with E-state index in [1.807, 2.05) is 12.1 Å². The molecule has 8 heteroatoms. The third-order valence-corrected chi connectivity index (χ3v) is 4.65. The van der Waals surface area contributed by atoms with Crippen LogP contribution in [0.15, 0.2) is 41.9 Å². The molecule has 28 heavy (non-hydrogen) atoms. The first-order chi connectivity index (χ1) is 13.6. The Bertz CT molecular complexity index is 728. The van der Waals surface area contributed by atoms with Crippen LogP contribution in [0.1, 0.15) is 19.4 Å². The second-order valence-corrected chi connectivity index (χ2v) is 7.46. The highest BCUT2D eigenvalue weighted by Crippen LogP contribution is 2.09. The van der Waals surface area contributed by atoms with E-state index in [-0.39, 0.29) is 6.10 Å². The summed E-state index contributed by atoms with van der Waals surface area (Å²) in [4.78, 5) is 10.8. The van der Waals surface area contributed by atoms with Gasteiger partial charge in [0.2, 0.25) is 0 Å². The molecule has 152 valence electrons. The van der Waals surface area contributed by atoms with Gasteiger partial charge >= 0.3 is 0 Å². The number of morpholine rings is 1. The molecule has 0 amide bonds. The zero-order valence-corrected chi connectivity index (χ0v) is 17.0. The largest absolute Gasteiger partial charge is 0.374 e. The molecule has 1 saturated heterocycles. The van der Waals surface area contributed by atoms with Crippen LogP contribution in [0.5, 0.6) is 0 Å². The highest BCUT2D eigenvalue weighted by Gasteiger charge is 2.21. The van der Waals surface area contributed by atoms with Crippen molar-refractivity contribution in [3.8, 4) is 5.69 Å². The van der Waals surface area contributed by atoms with Crippen LogP contribution in [0.25, 0.3) is 5.69 Å². The van der Waals surface area contributed by atoms with Crippen LogP contribution in [-0.4, -0.2) is 71.6 Å². The highest BCUT2D eigenvalue weighted by atomic mass is 16.5. The number of benzene rings is 1. The topological polar surface area (TPSA) is 79.6 Å². The van der Waals surface area contributed by atoms with Crippen molar-refractivity contribution < 1.29 is 4.74 Å². The van der Waals surface area contributed by atoms with Gasteiger partial charge in [-0.05, 0) is 23.6 Å². The standard InChI is InChI=1S/C20H31N7O/c1-16(2)12-26-8-9-28-19(13-26)11-24-20(21-3)23-10-17-4-6-18(7-5-17)27-15-22-14-25-27/h4-7,14-16,19H,8-13H2,1-3H3,(H2,21,23,24). The Morgan fingerprint density at radius 3 is 2.79 bits per heavy atom. The summed E-state index contributed by atoms with van der Waals surface area (Å²) in [6, 6.07) is 8.21. The van der Waals surface area contributed by atoms with Gasteiger partial charge in [0.05, 0.1) is 18.4 Å². The van der Waals surface area contributed by atoms with Gasteiger partial charge in [-0.1, -0.05) is 26.0 Å². The van der Waals surface area contributed by atoms with Crippen LogP contribution in [0, 0.1) is 5.92 Å². The van der Waals surface area contributed by atoms with Crippen LogP contribution in [0.3, 0.4) is 0 Å². The summed E-state index contributed by atoms with van der Waals surface area (Å²) in [6.07, 6.45) is 3.41. The predicted molar refractivity (Wildman–Crippen MR) is 111 cm³/mol. The van der Waals surface area contributed by atoms with Crippen molar-refractivity contribution in [2.45, 2.75) is 26.5 Å². The molecule has 0 radical (unpaired) electrons. The minimum absolute atomic E-state index is 0.188. The van der Waals surface area contributed by atoms with E-state index >= 15 is 0 Å². The fourth-order valence-corrected chi connectivity index (χ4v) is 3.31. The molecule has 2 heterocycles. The van der Waals surface area contributed by atoms with Crippen molar-refractivity contribution in [1.29, 1.82) is 0 Å². The lowest BCUT2D eigenvalue weighted by molar-refractivity contribution is -0.0284. The maximum Gasteiger partial charge on any atom is 0.191 e. The van der Waals surface area contributed by atoms with Crippen LogP contribution < -0.4 is 10.6 Å². The van der Waals surface area contributed by atoms with E-state index in [9.17, 15) is 0 Å². The molecule has 0 spiro atoms. The van der Waals surface area contributed by atoms with E-state index in [2.05, 4.69) is 56.6 Å². The Balaban J connectivity index is 1.43. The van der Waals surface area contributed by atoms with E-state index in [0.717, 1.165) is 44.4 Å². The number of aliphatic imine (C=N–C) groups is 1. The Hall–Kier alpha value is -2.45. The molecule has 0 saturated carbocycles. The molecule has 1 aromatic carbocycles. The van der Waals surface area contributed by atoms with Crippen LogP contribution in [0.2, 0.25) is 0 Å². The predicted octanol–water partition coefficient (Wildman–Crippen LogP) is 1.29. The molecule has 8 nitrogen and oxygen atoms in total. The van der Waals surface area contributed by atoms with Gasteiger partial charge in [0.1, 0.15) is 12.7 Å². The van der Waals surface area contributed by atoms with Gasteiger partial charge < -0.3 is 15.4 Å². The average Bonchev–Trinajstić information content (AvgIpc) is 3.23. The quantitative estimate of drug-likeness (QED) is 0.552. The molecule has 0 aliphatic carbocycles. The Labute approximate surface area is 167 Å². The van der Waals surface area contributed by atoms with Gasteiger partial charge in [0.15, 0.2) is 5.96 Å². The molecule has 1 fully saturated rings. The molecule has 2 aromatic rings.